The van der Waals surface area contributed by atoms with Crippen LogP contribution in [0.25, 0.3) is 0 Å². The molecule has 0 spiro atoms. The minimum absolute atomic E-state index is 0.0173. The van der Waals surface area contributed by atoms with Gasteiger partial charge in [0.05, 0.1) is 11.6 Å². The molecule has 1 saturated heterocycles. The van der Waals surface area contributed by atoms with Gasteiger partial charge in [0.1, 0.15) is 12.7 Å². The summed E-state index contributed by atoms with van der Waals surface area (Å²) in [6, 6.07) is 0.0697. The van der Waals surface area contributed by atoms with Crippen molar-refractivity contribution in [1.29, 1.82) is 0 Å². The monoisotopic (exact) mass is 329 g/mol. The van der Waals surface area contributed by atoms with Gasteiger partial charge < -0.3 is 5.32 Å². The number of aromatic nitrogens is 3. The molecule has 5 fully saturated rings. The van der Waals surface area contributed by atoms with Crippen LogP contribution >= 0.6 is 0 Å². The maximum Gasteiger partial charge on any atom is 0.237 e. The maximum atomic E-state index is 12.9. The number of likely N-dealkylation sites (tertiary alicyclic amines) is 1. The van der Waals surface area contributed by atoms with Crippen molar-refractivity contribution in [3.8, 4) is 0 Å². The minimum atomic E-state index is -0.0173. The molecule has 5 aliphatic rings. The largest absolute Gasteiger partial charge is 0.349 e. The molecule has 6 rings (SSSR count). The molecular weight excluding hydrogens is 302 g/mol. The van der Waals surface area contributed by atoms with E-state index in [4.69, 9.17) is 0 Å². The summed E-state index contributed by atoms with van der Waals surface area (Å²) in [5.41, 5.74) is 0.0615. The molecule has 1 aliphatic heterocycles. The third-order valence-corrected chi connectivity index (χ3v) is 7.15. The molecule has 1 N–H and O–H groups in total. The molecule has 6 nitrogen and oxygen atoms in total. The predicted molar refractivity (Wildman–Crippen MR) is 89.2 cm³/mol. The van der Waals surface area contributed by atoms with Gasteiger partial charge in [0.15, 0.2) is 0 Å². The van der Waals surface area contributed by atoms with Crippen LogP contribution in [-0.4, -0.2) is 50.7 Å². The van der Waals surface area contributed by atoms with Crippen molar-refractivity contribution in [2.45, 2.75) is 68.5 Å². The van der Waals surface area contributed by atoms with Crippen LogP contribution in [0.2, 0.25) is 0 Å². The van der Waals surface area contributed by atoms with Gasteiger partial charge in [-0.25, -0.2) is 9.67 Å². The number of nitrogens with zero attached hydrogens (tertiary/aromatic N) is 4. The number of amides is 1. The third-order valence-electron chi connectivity index (χ3n) is 7.15. The van der Waals surface area contributed by atoms with Crippen molar-refractivity contribution in [2.24, 2.45) is 11.8 Å². The first kappa shape index (κ1) is 14.9. The lowest BCUT2D eigenvalue weighted by Crippen LogP contribution is -2.67. The van der Waals surface area contributed by atoms with Gasteiger partial charge in [-0.1, -0.05) is 0 Å². The molecule has 1 amide bonds. The van der Waals surface area contributed by atoms with Gasteiger partial charge >= 0.3 is 0 Å². The van der Waals surface area contributed by atoms with Crippen LogP contribution in [-0.2, 0) is 10.3 Å². The van der Waals surface area contributed by atoms with Crippen LogP contribution in [0.5, 0.6) is 0 Å². The van der Waals surface area contributed by atoms with Gasteiger partial charge in [-0.05, 0) is 76.8 Å². The van der Waals surface area contributed by atoms with Crippen LogP contribution < -0.4 is 5.32 Å². The average molecular weight is 329 g/mol. The first-order chi connectivity index (χ1) is 11.6. The number of carbonyl (C=O) groups is 1. The molecule has 4 bridgehead atoms. The van der Waals surface area contributed by atoms with E-state index in [2.05, 4.69) is 32.0 Å². The Morgan fingerprint density at radius 2 is 2.04 bits per heavy atom. The second kappa shape index (κ2) is 5.04. The van der Waals surface area contributed by atoms with Crippen molar-refractivity contribution in [1.82, 2.24) is 25.0 Å². The van der Waals surface area contributed by atoms with Crippen LogP contribution in [0.4, 0.5) is 0 Å². The fourth-order valence-corrected chi connectivity index (χ4v) is 6.67. The first-order valence-electron chi connectivity index (χ1n) is 9.45. The summed E-state index contributed by atoms with van der Waals surface area (Å²) < 4.78 is 2.10. The molecule has 0 aromatic carbocycles. The lowest BCUT2D eigenvalue weighted by molar-refractivity contribution is -0.134. The van der Waals surface area contributed by atoms with E-state index < -0.39 is 0 Å². The van der Waals surface area contributed by atoms with Gasteiger partial charge in [0.2, 0.25) is 5.91 Å². The van der Waals surface area contributed by atoms with E-state index in [9.17, 15) is 4.79 Å². The molecule has 4 saturated carbocycles. The molecule has 1 aromatic heterocycles. The Labute approximate surface area is 143 Å². The van der Waals surface area contributed by atoms with Crippen molar-refractivity contribution < 1.29 is 4.79 Å². The fourth-order valence-electron chi connectivity index (χ4n) is 6.67. The highest BCUT2D eigenvalue weighted by Gasteiger charge is 2.59. The maximum absolute atomic E-state index is 12.9. The number of likely N-dealkylation sites (N-methyl/N-ethyl adjacent to an activating group) is 1. The van der Waals surface area contributed by atoms with Gasteiger partial charge in [-0.15, -0.1) is 0 Å². The highest BCUT2D eigenvalue weighted by atomic mass is 16.2. The molecule has 2 unspecified atom stereocenters. The van der Waals surface area contributed by atoms with E-state index in [0.717, 1.165) is 50.5 Å². The summed E-state index contributed by atoms with van der Waals surface area (Å²) in [4.78, 5) is 19.3. The number of hydrogen-bond donors (Lipinski definition) is 1. The van der Waals surface area contributed by atoms with E-state index in [1.807, 2.05) is 6.33 Å². The van der Waals surface area contributed by atoms with E-state index in [0.29, 0.717) is 0 Å². The van der Waals surface area contributed by atoms with Crippen molar-refractivity contribution >= 4 is 5.91 Å². The highest BCUT2D eigenvalue weighted by Crippen LogP contribution is 2.60. The smallest absolute Gasteiger partial charge is 0.237 e. The van der Waals surface area contributed by atoms with Crippen LogP contribution in [0.1, 0.15) is 51.4 Å². The van der Waals surface area contributed by atoms with Gasteiger partial charge in [0.25, 0.3) is 0 Å². The molecular formula is C18H27N5O. The summed E-state index contributed by atoms with van der Waals surface area (Å²) in [6.45, 7) is 1.04. The Hall–Kier alpha value is -1.43. The topological polar surface area (TPSA) is 63.1 Å². The zero-order valence-electron chi connectivity index (χ0n) is 14.4. The Bertz CT molecular complexity index is 628. The second-order valence-electron chi connectivity index (χ2n) is 8.93. The highest BCUT2D eigenvalue weighted by molar-refractivity contribution is 5.82. The van der Waals surface area contributed by atoms with Crippen molar-refractivity contribution in [2.75, 3.05) is 13.6 Å². The Balaban J connectivity index is 1.42. The fraction of sp³-hybridized carbons (Fsp3) is 0.833. The van der Waals surface area contributed by atoms with E-state index in [1.165, 1.54) is 19.3 Å². The third kappa shape index (κ3) is 2.15. The van der Waals surface area contributed by atoms with E-state index >= 15 is 0 Å². The van der Waals surface area contributed by atoms with Gasteiger partial charge in [0, 0.05) is 5.54 Å². The number of rotatable bonds is 3. The van der Waals surface area contributed by atoms with E-state index in [-0.39, 0.29) is 23.0 Å². The van der Waals surface area contributed by atoms with Gasteiger partial charge in [-0.3, -0.25) is 9.69 Å². The number of hydrogen-bond acceptors (Lipinski definition) is 4. The Kier molecular flexibility index (Phi) is 3.12. The molecule has 24 heavy (non-hydrogen) atoms. The Morgan fingerprint density at radius 3 is 2.67 bits per heavy atom. The summed E-state index contributed by atoms with van der Waals surface area (Å²) in [5.74, 6) is 1.69. The molecule has 4 aliphatic carbocycles. The first-order valence-corrected chi connectivity index (χ1v) is 9.45. The second-order valence-corrected chi connectivity index (χ2v) is 8.93. The number of nitrogens with one attached hydrogen (secondary N) is 1. The molecule has 130 valence electrons. The van der Waals surface area contributed by atoms with Crippen molar-refractivity contribution in [3.05, 3.63) is 12.7 Å². The van der Waals surface area contributed by atoms with Gasteiger partial charge in [-0.2, -0.15) is 5.10 Å². The summed E-state index contributed by atoms with van der Waals surface area (Å²) in [5, 5.41) is 8.03. The Morgan fingerprint density at radius 1 is 1.25 bits per heavy atom. The predicted octanol–water partition coefficient (Wildman–Crippen LogP) is 1.54. The zero-order chi connectivity index (χ0) is 16.4. The molecule has 3 atom stereocenters. The number of carbonyl (C=O) groups excluding carboxylic acids is 1. The quantitative estimate of drug-likeness (QED) is 0.914. The average Bonchev–Trinajstić information content (AvgIpc) is 3.16. The lowest BCUT2D eigenvalue weighted by Gasteiger charge is -2.62. The zero-order valence-corrected chi connectivity index (χ0v) is 14.4. The van der Waals surface area contributed by atoms with Crippen LogP contribution in [0.15, 0.2) is 12.7 Å². The van der Waals surface area contributed by atoms with Crippen LogP contribution in [0, 0.1) is 11.8 Å². The lowest BCUT2D eigenvalue weighted by atomic mass is 9.50. The van der Waals surface area contributed by atoms with Crippen molar-refractivity contribution in [3.63, 3.8) is 0 Å². The van der Waals surface area contributed by atoms with Crippen LogP contribution in [0.3, 0.4) is 0 Å². The summed E-state index contributed by atoms with van der Waals surface area (Å²) in [6.07, 6.45) is 12.7. The summed E-state index contributed by atoms with van der Waals surface area (Å²) in [7, 11) is 2.08. The summed E-state index contributed by atoms with van der Waals surface area (Å²) >= 11 is 0. The SMILES string of the molecule is CN1CCC[C@H]1C(=O)NC12CC3CC(C1)CC(n1cncn1)(C3)C2. The minimum Gasteiger partial charge on any atom is -0.349 e. The van der Waals surface area contributed by atoms with E-state index in [1.54, 1.807) is 6.33 Å². The molecule has 2 heterocycles. The molecule has 0 radical (unpaired) electrons. The molecule has 1 aromatic rings. The standard InChI is InChI=1S/C18H27N5O/c1-22-4-2-3-15(22)16(24)21-17-6-13-5-14(7-17)9-18(8-13,10-17)23-12-19-11-20-23/h11-15H,2-10H2,1H3,(H,21,24)/t13?,14?,15-,17?,18?/m0/s1. The molecule has 6 heteroatoms. The normalized spacial score (nSPS) is 44.1.